The number of halogens is 1. The summed E-state index contributed by atoms with van der Waals surface area (Å²) in [4.78, 5) is 14.6. The molecule has 0 heterocycles. The SMILES string of the molecule is CC1(C)C=CC(C(=O)N(c2ccc(O)cc2)c2ccc(F)cc2)=C1. The van der Waals surface area contributed by atoms with E-state index in [-0.39, 0.29) is 22.9 Å². The van der Waals surface area contributed by atoms with E-state index in [1.807, 2.05) is 26.0 Å². The van der Waals surface area contributed by atoms with Crippen LogP contribution in [0.3, 0.4) is 0 Å². The molecule has 0 aliphatic heterocycles. The lowest BCUT2D eigenvalue weighted by Gasteiger charge is -2.23. The quantitative estimate of drug-likeness (QED) is 0.888. The molecule has 2 aromatic rings. The fraction of sp³-hybridized carbons (Fsp3) is 0.150. The van der Waals surface area contributed by atoms with Crippen LogP contribution >= 0.6 is 0 Å². The van der Waals surface area contributed by atoms with Gasteiger partial charge in [0.05, 0.1) is 0 Å². The maximum Gasteiger partial charge on any atom is 0.262 e. The monoisotopic (exact) mass is 323 g/mol. The van der Waals surface area contributed by atoms with Gasteiger partial charge >= 0.3 is 0 Å². The minimum atomic E-state index is -0.363. The molecule has 0 saturated carbocycles. The van der Waals surface area contributed by atoms with Crippen molar-refractivity contribution in [3.05, 3.63) is 78.1 Å². The second kappa shape index (κ2) is 5.96. The normalized spacial score (nSPS) is 15.2. The van der Waals surface area contributed by atoms with E-state index in [0.29, 0.717) is 16.9 Å². The minimum Gasteiger partial charge on any atom is -0.508 e. The first-order valence-electron chi connectivity index (χ1n) is 7.67. The second-order valence-corrected chi connectivity index (χ2v) is 6.39. The molecule has 1 aliphatic rings. The second-order valence-electron chi connectivity index (χ2n) is 6.39. The summed E-state index contributed by atoms with van der Waals surface area (Å²) in [6.45, 7) is 4.04. The molecule has 0 unspecified atom stereocenters. The number of carbonyl (C=O) groups is 1. The molecule has 2 aromatic carbocycles. The van der Waals surface area contributed by atoms with E-state index in [9.17, 15) is 14.3 Å². The van der Waals surface area contributed by atoms with Crippen LogP contribution in [0.1, 0.15) is 13.8 Å². The van der Waals surface area contributed by atoms with E-state index in [1.165, 1.54) is 29.2 Å². The maximum atomic E-state index is 13.3. The van der Waals surface area contributed by atoms with Gasteiger partial charge in [0.15, 0.2) is 0 Å². The molecular formula is C20H18FNO2. The van der Waals surface area contributed by atoms with E-state index < -0.39 is 0 Å². The number of rotatable bonds is 3. The summed E-state index contributed by atoms with van der Waals surface area (Å²) in [5, 5.41) is 9.49. The number of benzene rings is 2. The number of phenolic OH excluding ortho intramolecular Hbond substituents is 1. The summed E-state index contributed by atoms with van der Waals surface area (Å²) in [7, 11) is 0. The fourth-order valence-electron chi connectivity index (χ4n) is 2.64. The Morgan fingerprint density at radius 1 is 1.00 bits per heavy atom. The Bertz CT molecular complexity index is 772. The first-order valence-corrected chi connectivity index (χ1v) is 7.67. The minimum absolute atomic E-state index is 0.117. The number of hydrogen-bond acceptors (Lipinski definition) is 2. The summed E-state index contributed by atoms with van der Waals surface area (Å²) in [6.07, 6.45) is 5.69. The predicted molar refractivity (Wildman–Crippen MR) is 92.7 cm³/mol. The van der Waals surface area contributed by atoms with Gasteiger partial charge in [0, 0.05) is 22.4 Å². The highest BCUT2D eigenvalue weighted by Gasteiger charge is 2.26. The summed E-state index contributed by atoms with van der Waals surface area (Å²) >= 11 is 0. The number of hydrogen-bond donors (Lipinski definition) is 1. The van der Waals surface area contributed by atoms with E-state index in [0.717, 1.165) is 0 Å². The van der Waals surface area contributed by atoms with Crippen LogP contribution in [0.2, 0.25) is 0 Å². The molecule has 3 nitrogen and oxygen atoms in total. The molecule has 1 N–H and O–H groups in total. The van der Waals surface area contributed by atoms with E-state index >= 15 is 0 Å². The van der Waals surface area contributed by atoms with Gasteiger partial charge in [-0.2, -0.15) is 0 Å². The lowest BCUT2D eigenvalue weighted by Crippen LogP contribution is -2.26. The summed E-state index contributed by atoms with van der Waals surface area (Å²) < 4.78 is 13.3. The highest BCUT2D eigenvalue weighted by molar-refractivity contribution is 6.12. The van der Waals surface area contributed by atoms with Crippen LogP contribution in [0, 0.1) is 11.2 Å². The molecular weight excluding hydrogens is 305 g/mol. The molecule has 3 rings (SSSR count). The van der Waals surface area contributed by atoms with Crippen molar-refractivity contribution in [3.8, 4) is 5.75 Å². The average Bonchev–Trinajstić information content (AvgIpc) is 2.91. The van der Waals surface area contributed by atoms with Gasteiger partial charge in [-0.3, -0.25) is 9.69 Å². The third kappa shape index (κ3) is 3.23. The highest BCUT2D eigenvalue weighted by Crippen LogP contribution is 2.33. The zero-order valence-electron chi connectivity index (χ0n) is 13.5. The smallest absolute Gasteiger partial charge is 0.262 e. The molecule has 0 radical (unpaired) electrons. The molecule has 0 fully saturated rings. The van der Waals surface area contributed by atoms with Crippen molar-refractivity contribution in [2.45, 2.75) is 13.8 Å². The van der Waals surface area contributed by atoms with Gasteiger partial charge < -0.3 is 5.11 Å². The molecule has 4 heteroatoms. The number of phenols is 1. The number of anilines is 2. The van der Waals surface area contributed by atoms with Crippen LogP contribution in [0.4, 0.5) is 15.8 Å². The molecule has 1 aliphatic carbocycles. The first kappa shape index (κ1) is 16.0. The van der Waals surface area contributed by atoms with Gasteiger partial charge in [-0.25, -0.2) is 4.39 Å². The van der Waals surface area contributed by atoms with E-state index in [2.05, 4.69) is 0 Å². The number of aromatic hydroxyl groups is 1. The van der Waals surface area contributed by atoms with Gasteiger partial charge in [0.25, 0.3) is 5.91 Å². The number of amides is 1. The molecule has 24 heavy (non-hydrogen) atoms. The van der Waals surface area contributed by atoms with Crippen LogP contribution in [-0.2, 0) is 4.79 Å². The molecule has 0 aromatic heterocycles. The van der Waals surface area contributed by atoms with Gasteiger partial charge in [0.2, 0.25) is 0 Å². The zero-order chi connectivity index (χ0) is 17.3. The number of nitrogens with zero attached hydrogens (tertiary/aromatic N) is 1. The van der Waals surface area contributed by atoms with Crippen molar-refractivity contribution in [3.63, 3.8) is 0 Å². The van der Waals surface area contributed by atoms with Crippen molar-refractivity contribution in [2.24, 2.45) is 5.41 Å². The van der Waals surface area contributed by atoms with Crippen molar-refractivity contribution < 1.29 is 14.3 Å². The topological polar surface area (TPSA) is 40.5 Å². The van der Waals surface area contributed by atoms with Crippen LogP contribution in [-0.4, -0.2) is 11.0 Å². The van der Waals surface area contributed by atoms with Crippen molar-refractivity contribution in [1.29, 1.82) is 0 Å². The van der Waals surface area contributed by atoms with Crippen molar-refractivity contribution in [2.75, 3.05) is 4.90 Å². The fourth-order valence-corrected chi connectivity index (χ4v) is 2.64. The summed E-state index contributed by atoms with van der Waals surface area (Å²) in [5.41, 5.74) is 1.57. The number of carbonyl (C=O) groups excluding carboxylic acids is 1. The van der Waals surface area contributed by atoms with Crippen LogP contribution in [0.5, 0.6) is 5.75 Å². The Morgan fingerprint density at radius 3 is 2.04 bits per heavy atom. The molecule has 1 amide bonds. The lowest BCUT2D eigenvalue weighted by atomic mass is 9.96. The Kier molecular flexibility index (Phi) is 3.97. The van der Waals surface area contributed by atoms with Crippen molar-refractivity contribution >= 4 is 17.3 Å². The Hall–Kier alpha value is -2.88. The van der Waals surface area contributed by atoms with Crippen LogP contribution in [0.15, 0.2) is 72.3 Å². The molecule has 0 bridgehead atoms. The maximum absolute atomic E-state index is 13.3. The molecule has 122 valence electrons. The predicted octanol–water partition coefficient (Wildman–Crippen LogP) is 4.72. The molecule has 0 saturated heterocycles. The largest absolute Gasteiger partial charge is 0.508 e. The average molecular weight is 323 g/mol. The summed E-state index contributed by atoms with van der Waals surface area (Å²) in [6, 6.07) is 12.1. The van der Waals surface area contributed by atoms with Gasteiger partial charge in [-0.1, -0.05) is 32.1 Å². The van der Waals surface area contributed by atoms with Gasteiger partial charge in [-0.15, -0.1) is 0 Å². The van der Waals surface area contributed by atoms with Crippen molar-refractivity contribution in [1.82, 2.24) is 0 Å². The van der Waals surface area contributed by atoms with Gasteiger partial charge in [0.1, 0.15) is 11.6 Å². The van der Waals surface area contributed by atoms with Gasteiger partial charge in [-0.05, 0) is 48.5 Å². The Morgan fingerprint density at radius 2 is 1.54 bits per heavy atom. The Labute approximate surface area is 140 Å². The highest BCUT2D eigenvalue weighted by atomic mass is 19.1. The number of allylic oxidation sites excluding steroid dienone is 2. The third-order valence-electron chi connectivity index (χ3n) is 3.86. The zero-order valence-corrected chi connectivity index (χ0v) is 13.5. The van der Waals surface area contributed by atoms with E-state index in [4.69, 9.17) is 0 Å². The summed E-state index contributed by atoms with van der Waals surface area (Å²) in [5.74, 6) is -0.446. The third-order valence-corrected chi connectivity index (χ3v) is 3.86. The van der Waals surface area contributed by atoms with E-state index in [1.54, 1.807) is 30.3 Å². The lowest BCUT2D eigenvalue weighted by molar-refractivity contribution is -0.114. The molecule has 0 atom stereocenters. The first-order chi connectivity index (χ1) is 11.4. The Balaban J connectivity index is 2.05. The van der Waals surface area contributed by atoms with Crippen LogP contribution in [0.25, 0.3) is 0 Å². The standard InChI is InChI=1S/C20H18FNO2/c1-20(2)12-11-14(13-20)19(24)22(16-5-3-15(21)4-6-16)17-7-9-18(23)10-8-17/h3-13,23H,1-2H3. The molecule has 0 spiro atoms. The van der Waals surface area contributed by atoms with Crippen LogP contribution < -0.4 is 4.90 Å².